The Hall–Kier alpha value is -1.70. The quantitative estimate of drug-likeness (QED) is 0.585. The van der Waals surface area contributed by atoms with Crippen LogP contribution in [0.25, 0.3) is 21.9 Å². The summed E-state index contributed by atoms with van der Waals surface area (Å²) in [5.74, 6) is 1.45. The molecule has 0 saturated carbocycles. The van der Waals surface area contributed by atoms with Crippen LogP contribution in [0.5, 0.6) is 0 Å². The maximum absolute atomic E-state index is 5.77. The fraction of sp³-hybridized carbons (Fsp3) is 0.231. The molecule has 0 saturated heterocycles. The molecule has 3 rings (SSSR count). The standard InChI is InChI=1S/C13H12O2/c1-8(2)11-6-10-7-12-9(3-4-14-12)5-13(10)15-11/h3-8H,1-2H3. The molecule has 2 heterocycles. The van der Waals surface area contributed by atoms with Crippen molar-refractivity contribution >= 4 is 21.9 Å². The van der Waals surface area contributed by atoms with Crippen molar-refractivity contribution in [1.29, 1.82) is 0 Å². The summed E-state index contributed by atoms with van der Waals surface area (Å²) in [7, 11) is 0. The van der Waals surface area contributed by atoms with Crippen molar-refractivity contribution in [1.82, 2.24) is 0 Å². The lowest BCUT2D eigenvalue weighted by Crippen LogP contribution is -1.79. The van der Waals surface area contributed by atoms with Gasteiger partial charge in [0.25, 0.3) is 0 Å². The van der Waals surface area contributed by atoms with Crippen LogP contribution < -0.4 is 0 Å². The van der Waals surface area contributed by atoms with E-state index in [2.05, 4.69) is 19.9 Å². The molecule has 76 valence electrons. The Bertz CT molecular complexity index is 566. The highest BCUT2D eigenvalue weighted by Gasteiger charge is 2.09. The Kier molecular flexibility index (Phi) is 1.66. The zero-order valence-electron chi connectivity index (χ0n) is 8.78. The zero-order valence-corrected chi connectivity index (χ0v) is 8.78. The Morgan fingerprint density at radius 3 is 2.60 bits per heavy atom. The molecule has 0 amide bonds. The van der Waals surface area contributed by atoms with Gasteiger partial charge in [-0.15, -0.1) is 0 Å². The molecule has 0 N–H and O–H groups in total. The molecule has 0 aliphatic heterocycles. The molecule has 0 bridgehead atoms. The van der Waals surface area contributed by atoms with Gasteiger partial charge >= 0.3 is 0 Å². The van der Waals surface area contributed by atoms with Crippen LogP contribution in [-0.4, -0.2) is 0 Å². The molecule has 2 nitrogen and oxygen atoms in total. The molecule has 0 fully saturated rings. The number of hydrogen-bond donors (Lipinski definition) is 0. The first-order valence-corrected chi connectivity index (χ1v) is 5.15. The first kappa shape index (κ1) is 8.60. The molecule has 0 aliphatic carbocycles. The Morgan fingerprint density at radius 2 is 1.80 bits per heavy atom. The van der Waals surface area contributed by atoms with E-state index in [0.29, 0.717) is 5.92 Å². The number of fused-ring (bicyclic) bond motifs is 2. The first-order chi connectivity index (χ1) is 7.24. The lowest BCUT2D eigenvalue weighted by Gasteiger charge is -1.95. The fourth-order valence-corrected chi connectivity index (χ4v) is 1.80. The summed E-state index contributed by atoms with van der Waals surface area (Å²) >= 11 is 0. The van der Waals surface area contributed by atoms with Gasteiger partial charge in [0.2, 0.25) is 0 Å². The minimum Gasteiger partial charge on any atom is -0.464 e. The zero-order chi connectivity index (χ0) is 10.4. The lowest BCUT2D eigenvalue weighted by molar-refractivity contribution is 0.522. The summed E-state index contributed by atoms with van der Waals surface area (Å²) in [6.07, 6.45) is 1.70. The third kappa shape index (κ3) is 1.25. The highest BCUT2D eigenvalue weighted by Crippen LogP contribution is 2.29. The molecule has 0 spiro atoms. The minimum absolute atomic E-state index is 0.420. The number of hydrogen-bond acceptors (Lipinski definition) is 2. The second kappa shape index (κ2) is 2.89. The number of furan rings is 2. The molecule has 0 unspecified atom stereocenters. The van der Waals surface area contributed by atoms with Crippen LogP contribution in [0.15, 0.2) is 39.4 Å². The van der Waals surface area contributed by atoms with Gasteiger partial charge in [0.05, 0.1) is 6.26 Å². The van der Waals surface area contributed by atoms with Crippen LogP contribution in [0.3, 0.4) is 0 Å². The van der Waals surface area contributed by atoms with E-state index in [0.717, 1.165) is 27.7 Å². The van der Waals surface area contributed by atoms with Crippen molar-refractivity contribution in [3.8, 4) is 0 Å². The molecular weight excluding hydrogens is 188 g/mol. The van der Waals surface area contributed by atoms with Crippen LogP contribution >= 0.6 is 0 Å². The minimum atomic E-state index is 0.420. The van der Waals surface area contributed by atoms with Gasteiger partial charge in [-0.3, -0.25) is 0 Å². The Labute approximate surface area is 87.5 Å². The van der Waals surface area contributed by atoms with Gasteiger partial charge < -0.3 is 8.83 Å². The summed E-state index contributed by atoms with van der Waals surface area (Å²) in [4.78, 5) is 0. The van der Waals surface area contributed by atoms with E-state index in [9.17, 15) is 0 Å². The van der Waals surface area contributed by atoms with E-state index in [-0.39, 0.29) is 0 Å². The van der Waals surface area contributed by atoms with Gasteiger partial charge in [-0.05, 0) is 24.3 Å². The molecule has 2 heteroatoms. The molecule has 0 aliphatic rings. The summed E-state index contributed by atoms with van der Waals surface area (Å²) < 4.78 is 11.1. The van der Waals surface area contributed by atoms with Gasteiger partial charge in [0.15, 0.2) is 0 Å². The van der Waals surface area contributed by atoms with Crippen LogP contribution in [0.2, 0.25) is 0 Å². The summed E-state index contributed by atoms with van der Waals surface area (Å²) in [6, 6.07) is 8.09. The third-order valence-electron chi connectivity index (χ3n) is 2.68. The van der Waals surface area contributed by atoms with Gasteiger partial charge in [-0.1, -0.05) is 13.8 Å². The molecule has 0 radical (unpaired) electrons. The SMILES string of the molecule is CC(C)c1cc2cc3occc3cc2o1. The maximum atomic E-state index is 5.77. The van der Waals surface area contributed by atoms with Crippen molar-refractivity contribution in [2.45, 2.75) is 19.8 Å². The van der Waals surface area contributed by atoms with Crippen molar-refractivity contribution in [3.05, 3.63) is 36.3 Å². The fourth-order valence-electron chi connectivity index (χ4n) is 1.80. The summed E-state index contributed by atoms with van der Waals surface area (Å²) in [5.41, 5.74) is 1.85. The average Bonchev–Trinajstić information content (AvgIpc) is 2.77. The Morgan fingerprint density at radius 1 is 1.00 bits per heavy atom. The number of rotatable bonds is 1. The van der Waals surface area contributed by atoms with E-state index >= 15 is 0 Å². The largest absolute Gasteiger partial charge is 0.464 e. The van der Waals surface area contributed by atoms with E-state index in [1.165, 1.54) is 0 Å². The van der Waals surface area contributed by atoms with Crippen LogP contribution in [0.1, 0.15) is 25.5 Å². The summed E-state index contributed by atoms with van der Waals surface area (Å²) in [5, 5.41) is 2.20. The van der Waals surface area contributed by atoms with Crippen LogP contribution in [-0.2, 0) is 0 Å². The van der Waals surface area contributed by atoms with Crippen molar-refractivity contribution in [2.24, 2.45) is 0 Å². The predicted octanol–water partition coefficient (Wildman–Crippen LogP) is 4.30. The van der Waals surface area contributed by atoms with Gasteiger partial charge in [0, 0.05) is 16.7 Å². The smallest absolute Gasteiger partial charge is 0.135 e. The van der Waals surface area contributed by atoms with Gasteiger partial charge in [-0.25, -0.2) is 0 Å². The topological polar surface area (TPSA) is 26.3 Å². The highest BCUT2D eigenvalue weighted by atomic mass is 16.3. The molecule has 3 aromatic rings. The molecule has 2 aromatic heterocycles. The molecule has 1 aromatic carbocycles. The second-order valence-electron chi connectivity index (χ2n) is 4.15. The maximum Gasteiger partial charge on any atom is 0.135 e. The monoisotopic (exact) mass is 200 g/mol. The lowest BCUT2D eigenvalue weighted by atomic mass is 10.1. The van der Waals surface area contributed by atoms with Gasteiger partial charge in [0.1, 0.15) is 16.9 Å². The highest BCUT2D eigenvalue weighted by molar-refractivity contribution is 5.93. The van der Waals surface area contributed by atoms with Crippen molar-refractivity contribution < 1.29 is 8.83 Å². The van der Waals surface area contributed by atoms with Gasteiger partial charge in [-0.2, -0.15) is 0 Å². The molecule has 15 heavy (non-hydrogen) atoms. The average molecular weight is 200 g/mol. The van der Waals surface area contributed by atoms with Crippen molar-refractivity contribution in [3.63, 3.8) is 0 Å². The number of benzene rings is 1. The first-order valence-electron chi connectivity index (χ1n) is 5.15. The third-order valence-corrected chi connectivity index (χ3v) is 2.68. The Balaban J connectivity index is 2.34. The molecule has 0 atom stereocenters. The summed E-state index contributed by atoms with van der Waals surface area (Å²) in [6.45, 7) is 4.25. The van der Waals surface area contributed by atoms with Crippen molar-refractivity contribution in [2.75, 3.05) is 0 Å². The van der Waals surface area contributed by atoms with E-state index in [1.54, 1.807) is 6.26 Å². The van der Waals surface area contributed by atoms with E-state index in [1.807, 2.05) is 18.2 Å². The van der Waals surface area contributed by atoms with Crippen LogP contribution in [0, 0.1) is 0 Å². The predicted molar refractivity (Wildman–Crippen MR) is 60.1 cm³/mol. The van der Waals surface area contributed by atoms with Crippen LogP contribution in [0.4, 0.5) is 0 Å². The van der Waals surface area contributed by atoms with E-state index in [4.69, 9.17) is 8.83 Å². The second-order valence-corrected chi connectivity index (χ2v) is 4.15. The molecular formula is C13H12O2. The van der Waals surface area contributed by atoms with E-state index < -0.39 is 0 Å². The normalized spacial score (nSPS) is 11.9.